The number of hydrogen-bond acceptors (Lipinski definition) is 2. The molecule has 0 amide bonds. The topological polar surface area (TPSA) is 21.3 Å². The summed E-state index contributed by atoms with van der Waals surface area (Å²) in [5.74, 6) is 0.925. The molecule has 0 aliphatic rings. The van der Waals surface area contributed by atoms with Crippen LogP contribution in [0.5, 0.6) is 5.75 Å². The Morgan fingerprint density at radius 2 is 1.86 bits per heavy atom. The minimum absolute atomic E-state index is 0.741. The Morgan fingerprint density at radius 3 is 2.62 bits per heavy atom. The summed E-state index contributed by atoms with van der Waals surface area (Å²) in [5.41, 5.74) is 2.49. The average molecular weight is 304 g/mol. The first-order chi connectivity index (χ1) is 10.3. The fraction of sp³-hybridized carbons (Fsp3) is 0.333. The zero-order valence-corrected chi connectivity index (χ0v) is 13.2. The Balaban J connectivity index is 1.75. The summed E-state index contributed by atoms with van der Waals surface area (Å²) in [7, 11) is 1.92. The molecular formula is C18H22ClNO. The summed E-state index contributed by atoms with van der Waals surface area (Å²) in [6.45, 7) is 1.51. The van der Waals surface area contributed by atoms with E-state index in [9.17, 15) is 0 Å². The molecule has 0 saturated heterocycles. The highest BCUT2D eigenvalue weighted by Crippen LogP contribution is 2.23. The van der Waals surface area contributed by atoms with Gasteiger partial charge in [0.1, 0.15) is 5.75 Å². The predicted molar refractivity (Wildman–Crippen MR) is 89.1 cm³/mol. The summed E-state index contributed by atoms with van der Waals surface area (Å²) in [6.07, 6.45) is 3.30. The van der Waals surface area contributed by atoms with Crippen LogP contribution in [0.3, 0.4) is 0 Å². The molecule has 0 aliphatic carbocycles. The maximum atomic E-state index is 6.02. The van der Waals surface area contributed by atoms with Crippen molar-refractivity contribution in [2.75, 3.05) is 13.7 Å². The Labute approximate surface area is 132 Å². The van der Waals surface area contributed by atoms with Gasteiger partial charge < -0.3 is 10.1 Å². The van der Waals surface area contributed by atoms with Crippen LogP contribution >= 0.6 is 11.6 Å². The van der Waals surface area contributed by atoms with Crippen molar-refractivity contribution < 1.29 is 4.74 Å². The van der Waals surface area contributed by atoms with Crippen LogP contribution in [0.2, 0.25) is 5.02 Å². The molecule has 1 N–H and O–H groups in total. The van der Waals surface area contributed by atoms with Gasteiger partial charge in [-0.2, -0.15) is 0 Å². The third-order valence-electron chi connectivity index (χ3n) is 3.35. The molecule has 0 radical (unpaired) electrons. The number of nitrogens with one attached hydrogen (secondary N) is 1. The lowest BCUT2D eigenvalue weighted by Crippen LogP contribution is -2.08. The Hall–Kier alpha value is -1.51. The van der Waals surface area contributed by atoms with Crippen LogP contribution < -0.4 is 10.1 Å². The average Bonchev–Trinajstić information content (AvgIpc) is 2.50. The van der Waals surface area contributed by atoms with Crippen molar-refractivity contribution >= 4 is 11.6 Å². The molecule has 0 saturated carbocycles. The first-order valence-electron chi connectivity index (χ1n) is 7.39. The van der Waals surface area contributed by atoms with Crippen LogP contribution in [-0.2, 0) is 13.0 Å². The highest BCUT2D eigenvalue weighted by Gasteiger charge is 2.04. The van der Waals surface area contributed by atoms with Gasteiger partial charge in [0.15, 0.2) is 0 Å². The van der Waals surface area contributed by atoms with E-state index in [4.69, 9.17) is 16.3 Å². The zero-order chi connectivity index (χ0) is 14.9. The molecule has 0 atom stereocenters. The van der Waals surface area contributed by atoms with Crippen molar-refractivity contribution in [1.82, 2.24) is 5.32 Å². The van der Waals surface area contributed by atoms with E-state index in [1.165, 1.54) is 5.56 Å². The van der Waals surface area contributed by atoms with Crippen LogP contribution in [0.1, 0.15) is 24.0 Å². The third kappa shape index (κ3) is 5.41. The van der Waals surface area contributed by atoms with Gasteiger partial charge in [0, 0.05) is 17.1 Å². The fourth-order valence-corrected chi connectivity index (χ4v) is 2.47. The molecule has 0 aliphatic heterocycles. The maximum absolute atomic E-state index is 6.02. The standard InChI is InChI=1S/C18H22ClNO/c1-20-14-16-13-17(19)10-11-18(16)21-12-6-5-9-15-7-3-2-4-8-15/h2-4,7-8,10-11,13,20H,5-6,9,12,14H2,1H3. The minimum Gasteiger partial charge on any atom is -0.493 e. The van der Waals surface area contributed by atoms with E-state index in [1.807, 2.05) is 25.2 Å². The molecule has 21 heavy (non-hydrogen) atoms. The molecule has 0 unspecified atom stereocenters. The highest BCUT2D eigenvalue weighted by molar-refractivity contribution is 6.30. The molecule has 0 spiro atoms. The molecule has 2 nitrogen and oxygen atoms in total. The quantitative estimate of drug-likeness (QED) is 0.727. The lowest BCUT2D eigenvalue weighted by molar-refractivity contribution is 0.303. The molecule has 0 aromatic heterocycles. The second kappa shape index (κ2) is 8.71. The maximum Gasteiger partial charge on any atom is 0.123 e. The molecule has 0 fully saturated rings. The molecule has 0 bridgehead atoms. The number of aryl methyl sites for hydroxylation is 1. The summed E-state index contributed by atoms with van der Waals surface area (Å²) >= 11 is 6.02. The molecule has 2 aromatic carbocycles. The van der Waals surface area contributed by atoms with Crippen molar-refractivity contribution in [3.8, 4) is 5.75 Å². The number of benzene rings is 2. The van der Waals surface area contributed by atoms with Crippen LogP contribution in [0, 0.1) is 0 Å². The van der Waals surface area contributed by atoms with E-state index in [0.717, 1.165) is 48.7 Å². The van der Waals surface area contributed by atoms with Crippen LogP contribution in [-0.4, -0.2) is 13.7 Å². The van der Waals surface area contributed by atoms with Crippen molar-refractivity contribution in [3.63, 3.8) is 0 Å². The summed E-state index contributed by atoms with van der Waals surface area (Å²) in [6, 6.07) is 16.4. The Kier molecular flexibility index (Phi) is 6.58. The molecule has 2 aromatic rings. The molecule has 3 heteroatoms. The van der Waals surface area contributed by atoms with Gasteiger partial charge in [-0.15, -0.1) is 0 Å². The van der Waals surface area contributed by atoms with Gasteiger partial charge in [0.25, 0.3) is 0 Å². The molecule has 0 heterocycles. The van der Waals surface area contributed by atoms with E-state index in [1.54, 1.807) is 0 Å². The number of hydrogen-bond donors (Lipinski definition) is 1. The van der Waals surface area contributed by atoms with Crippen molar-refractivity contribution in [1.29, 1.82) is 0 Å². The van der Waals surface area contributed by atoms with Crippen LogP contribution in [0.15, 0.2) is 48.5 Å². The number of rotatable bonds is 8. The van der Waals surface area contributed by atoms with E-state index in [0.29, 0.717) is 0 Å². The monoisotopic (exact) mass is 303 g/mol. The van der Waals surface area contributed by atoms with E-state index >= 15 is 0 Å². The number of unbranched alkanes of at least 4 members (excludes halogenated alkanes) is 1. The van der Waals surface area contributed by atoms with E-state index in [2.05, 4.69) is 35.6 Å². The van der Waals surface area contributed by atoms with E-state index in [-0.39, 0.29) is 0 Å². The highest BCUT2D eigenvalue weighted by atomic mass is 35.5. The lowest BCUT2D eigenvalue weighted by atomic mass is 10.1. The first kappa shape index (κ1) is 15.9. The normalized spacial score (nSPS) is 10.6. The van der Waals surface area contributed by atoms with Gasteiger partial charge in [0.2, 0.25) is 0 Å². The lowest BCUT2D eigenvalue weighted by Gasteiger charge is -2.11. The number of ether oxygens (including phenoxy) is 1. The SMILES string of the molecule is CNCc1cc(Cl)ccc1OCCCCc1ccccc1. The second-order valence-corrected chi connectivity index (χ2v) is 5.51. The van der Waals surface area contributed by atoms with E-state index < -0.39 is 0 Å². The fourth-order valence-electron chi connectivity index (χ4n) is 2.28. The van der Waals surface area contributed by atoms with Gasteiger partial charge in [0.05, 0.1) is 6.61 Å². The molecule has 2 rings (SSSR count). The summed E-state index contributed by atoms with van der Waals surface area (Å²) in [5, 5.41) is 3.88. The first-order valence-corrected chi connectivity index (χ1v) is 7.77. The summed E-state index contributed by atoms with van der Waals surface area (Å²) in [4.78, 5) is 0. The largest absolute Gasteiger partial charge is 0.493 e. The van der Waals surface area contributed by atoms with Gasteiger partial charge >= 0.3 is 0 Å². The van der Waals surface area contributed by atoms with Gasteiger partial charge in [-0.1, -0.05) is 41.9 Å². The third-order valence-corrected chi connectivity index (χ3v) is 3.59. The minimum atomic E-state index is 0.741. The van der Waals surface area contributed by atoms with Crippen molar-refractivity contribution in [3.05, 3.63) is 64.7 Å². The van der Waals surface area contributed by atoms with Gasteiger partial charge in [-0.25, -0.2) is 0 Å². The Bertz CT molecular complexity index is 542. The molecule has 112 valence electrons. The smallest absolute Gasteiger partial charge is 0.123 e. The van der Waals surface area contributed by atoms with Crippen LogP contribution in [0.25, 0.3) is 0 Å². The summed E-state index contributed by atoms with van der Waals surface area (Å²) < 4.78 is 5.88. The van der Waals surface area contributed by atoms with Gasteiger partial charge in [-0.3, -0.25) is 0 Å². The van der Waals surface area contributed by atoms with Gasteiger partial charge in [-0.05, 0) is 50.1 Å². The molecular weight excluding hydrogens is 282 g/mol. The van der Waals surface area contributed by atoms with Crippen molar-refractivity contribution in [2.45, 2.75) is 25.8 Å². The predicted octanol–water partition coefficient (Wildman–Crippen LogP) is 4.46. The Morgan fingerprint density at radius 1 is 1.05 bits per heavy atom. The second-order valence-electron chi connectivity index (χ2n) is 5.07. The zero-order valence-electron chi connectivity index (χ0n) is 12.4. The van der Waals surface area contributed by atoms with Crippen LogP contribution in [0.4, 0.5) is 0 Å². The number of halogens is 1. The van der Waals surface area contributed by atoms with Crippen molar-refractivity contribution in [2.24, 2.45) is 0 Å².